The van der Waals surface area contributed by atoms with E-state index in [-0.39, 0.29) is 0 Å². The van der Waals surface area contributed by atoms with Crippen molar-refractivity contribution in [3.05, 3.63) is 54.4 Å². The minimum Gasteiger partial charge on any atom is -0.491 e. The van der Waals surface area contributed by atoms with Gasteiger partial charge in [0.1, 0.15) is 18.5 Å². The number of aryl methyl sites for hydroxylation is 1. The Balaban J connectivity index is 1.86. The molecule has 1 aromatic heterocycles. The van der Waals surface area contributed by atoms with E-state index in [0.29, 0.717) is 19.2 Å². The molecule has 0 bridgehead atoms. The predicted octanol–water partition coefficient (Wildman–Crippen LogP) is 2.68. The van der Waals surface area contributed by atoms with Crippen LogP contribution in [0.15, 0.2) is 48.7 Å². The van der Waals surface area contributed by atoms with Crippen LogP contribution in [-0.4, -0.2) is 39.9 Å². The molecule has 0 saturated carbocycles. The molecule has 1 N–H and O–H groups in total. The molecular formula is C18H26N2O2. The molecule has 0 aliphatic heterocycles. The SMILES string of the molecule is CC(C)N(Cc1cccn1C)CC(O)COc1ccccc1. The van der Waals surface area contributed by atoms with Crippen molar-refractivity contribution in [1.29, 1.82) is 0 Å². The zero-order valence-corrected chi connectivity index (χ0v) is 13.6. The third-order valence-corrected chi connectivity index (χ3v) is 3.78. The van der Waals surface area contributed by atoms with Crippen LogP contribution in [0.4, 0.5) is 0 Å². The van der Waals surface area contributed by atoms with E-state index in [1.165, 1.54) is 5.69 Å². The number of para-hydroxylation sites is 1. The van der Waals surface area contributed by atoms with Crippen LogP contribution in [0, 0.1) is 0 Å². The van der Waals surface area contributed by atoms with Gasteiger partial charge >= 0.3 is 0 Å². The Kier molecular flexibility index (Phi) is 6.04. The summed E-state index contributed by atoms with van der Waals surface area (Å²) in [6, 6.07) is 14.1. The van der Waals surface area contributed by atoms with Gasteiger partial charge in [-0.3, -0.25) is 4.90 Å². The molecule has 0 aliphatic carbocycles. The predicted molar refractivity (Wildman–Crippen MR) is 88.9 cm³/mol. The standard InChI is InChI=1S/C18H26N2O2/c1-15(2)20(12-16-8-7-11-19(16)3)13-17(21)14-22-18-9-5-4-6-10-18/h4-11,15,17,21H,12-14H2,1-3H3. The molecular weight excluding hydrogens is 276 g/mol. The van der Waals surface area contributed by atoms with Gasteiger partial charge in [-0.15, -0.1) is 0 Å². The summed E-state index contributed by atoms with van der Waals surface area (Å²) in [6.45, 7) is 6.01. The van der Waals surface area contributed by atoms with Gasteiger partial charge in [0.25, 0.3) is 0 Å². The van der Waals surface area contributed by atoms with Crippen molar-refractivity contribution in [3.8, 4) is 5.75 Å². The average molecular weight is 302 g/mol. The molecule has 0 fully saturated rings. The summed E-state index contributed by atoms with van der Waals surface area (Å²) in [5.41, 5.74) is 1.24. The second kappa shape index (κ2) is 8.01. The molecule has 22 heavy (non-hydrogen) atoms. The number of hydrogen-bond acceptors (Lipinski definition) is 3. The third-order valence-electron chi connectivity index (χ3n) is 3.78. The number of aliphatic hydroxyl groups is 1. The van der Waals surface area contributed by atoms with Gasteiger partial charge < -0.3 is 14.4 Å². The smallest absolute Gasteiger partial charge is 0.119 e. The van der Waals surface area contributed by atoms with Crippen molar-refractivity contribution in [2.45, 2.75) is 32.5 Å². The Morgan fingerprint density at radius 1 is 1.14 bits per heavy atom. The van der Waals surface area contributed by atoms with Crippen molar-refractivity contribution in [1.82, 2.24) is 9.47 Å². The Hall–Kier alpha value is -1.78. The molecule has 2 aromatic rings. The average Bonchev–Trinajstić information content (AvgIpc) is 2.91. The van der Waals surface area contributed by atoms with E-state index in [1.54, 1.807) is 0 Å². The van der Waals surface area contributed by atoms with Crippen molar-refractivity contribution in [2.75, 3.05) is 13.2 Å². The first kappa shape index (κ1) is 16.6. The lowest BCUT2D eigenvalue weighted by atomic mass is 10.2. The van der Waals surface area contributed by atoms with E-state index < -0.39 is 6.10 Å². The van der Waals surface area contributed by atoms with Crippen LogP contribution in [0.25, 0.3) is 0 Å². The summed E-state index contributed by atoms with van der Waals surface area (Å²) in [5, 5.41) is 10.3. The quantitative estimate of drug-likeness (QED) is 0.814. The fourth-order valence-corrected chi connectivity index (χ4v) is 2.36. The van der Waals surface area contributed by atoms with Crippen LogP contribution in [0.5, 0.6) is 5.75 Å². The Bertz CT molecular complexity index is 551. The fraction of sp³-hybridized carbons (Fsp3) is 0.444. The van der Waals surface area contributed by atoms with E-state index in [0.717, 1.165) is 12.3 Å². The minimum absolute atomic E-state index is 0.306. The molecule has 2 rings (SSSR count). The maximum Gasteiger partial charge on any atom is 0.119 e. The lowest BCUT2D eigenvalue weighted by molar-refractivity contribution is 0.0535. The Labute approximate surface area is 132 Å². The second-order valence-corrected chi connectivity index (χ2v) is 5.91. The van der Waals surface area contributed by atoms with Crippen LogP contribution in [0.3, 0.4) is 0 Å². The van der Waals surface area contributed by atoms with Crippen molar-refractivity contribution in [2.24, 2.45) is 7.05 Å². The minimum atomic E-state index is -0.511. The number of hydrogen-bond donors (Lipinski definition) is 1. The number of ether oxygens (including phenoxy) is 1. The Morgan fingerprint density at radius 2 is 1.86 bits per heavy atom. The van der Waals surface area contributed by atoms with Crippen molar-refractivity contribution in [3.63, 3.8) is 0 Å². The lowest BCUT2D eigenvalue weighted by Gasteiger charge is -2.28. The highest BCUT2D eigenvalue weighted by Crippen LogP contribution is 2.11. The van der Waals surface area contributed by atoms with E-state index in [4.69, 9.17) is 4.74 Å². The molecule has 0 saturated heterocycles. The van der Waals surface area contributed by atoms with Gasteiger partial charge in [-0.2, -0.15) is 0 Å². The molecule has 0 spiro atoms. The van der Waals surface area contributed by atoms with Gasteiger partial charge in [-0.1, -0.05) is 18.2 Å². The highest BCUT2D eigenvalue weighted by atomic mass is 16.5. The molecule has 1 heterocycles. The van der Waals surface area contributed by atoms with E-state index >= 15 is 0 Å². The molecule has 120 valence electrons. The monoisotopic (exact) mass is 302 g/mol. The van der Waals surface area contributed by atoms with E-state index in [9.17, 15) is 5.11 Å². The van der Waals surface area contributed by atoms with Crippen LogP contribution in [-0.2, 0) is 13.6 Å². The van der Waals surface area contributed by atoms with E-state index in [2.05, 4.69) is 29.4 Å². The summed E-state index contributed by atoms with van der Waals surface area (Å²) < 4.78 is 7.74. The van der Waals surface area contributed by atoms with Gasteiger partial charge in [0.2, 0.25) is 0 Å². The van der Waals surface area contributed by atoms with Gasteiger partial charge in [0.15, 0.2) is 0 Å². The topological polar surface area (TPSA) is 37.6 Å². The third kappa shape index (κ3) is 4.90. The molecule has 1 aromatic carbocycles. The molecule has 0 aliphatic rings. The number of nitrogens with zero attached hydrogens (tertiary/aromatic N) is 2. The first-order valence-corrected chi connectivity index (χ1v) is 7.76. The maximum absolute atomic E-state index is 10.3. The molecule has 1 atom stereocenters. The first-order chi connectivity index (χ1) is 10.6. The van der Waals surface area contributed by atoms with Crippen LogP contribution in [0.1, 0.15) is 19.5 Å². The molecule has 4 heteroatoms. The molecule has 1 unspecified atom stereocenters. The number of rotatable bonds is 8. The summed E-state index contributed by atoms with van der Waals surface area (Å²) >= 11 is 0. The molecule has 0 amide bonds. The van der Waals surface area contributed by atoms with Gasteiger partial charge in [0, 0.05) is 38.1 Å². The lowest BCUT2D eigenvalue weighted by Crippen LogP contribution is -2.39. The highest BCUT2D eigenvalue weighted by molar-refractivity contribution is 5.20. The molecule has 4 nitrogen and oxygen atoms in total. The van der Waals surface area contributed by atoms with Gasteiger partial charge in [0.05, 0.1) is 0 Å². The summed E-state index contributed by atoms with van der Waals surface area (Å²) in [4.78, 5) is 2.26. The van der Waals surface area contributed by atoms with Crippen LogP contribution < -0.4 is 4.74 Å². The summed E-state index contributed by atoms with van der Waals surface area (Å²) in [7, 11) is 2.04. The second-order valence-electron chi connectivity index (χ2n) is 5.91. The summed E-state index contributed by atoms with van der Waals surface area (Å²) in [5.74, 6) is 0.792. The van der Waals surface area contributed by atoms with E-state index in [1.807, 2.05) is 49.6 Å². The number of aliphatic hydroxyl groups excluding tert-OH is 1. The molecule has 0 radical (unpaired) electrons. The normalized spacial score (nSPS) is 12.8. The van der Waals surface area contributed by atoms with Crippen molar-refractivity contribution >= 4 is 0 Å². The summed E-state index contributed by atoms with van der Waals surface area (Å²) in [6.07, 6.45) is 1.53. The first-order valence-electron chi connectivity index (χ1n) is 7.76. The highest BCUT2D eigenvalue weighted by Gasteiger charge is 2.16. The van der Waals surface area contributed by atoms with Gasteiger partial charge in [-0.05, 0) is 38.1 Å². The Morgan fingerprint density at radius 3 is 2.45 bits per heavy atom. The maximum atomic E-state index is 10.3. The van der Waals surface area contributed by atoms with Gasteiger partial charge in [-0.25, -0.2) is 0 Å². The largest absolute Gasteiger partial charge is 0.491 e. The zero-order valence-electron chi connectivity index (χ0n) is 13.6. The number of aromatic nitrogens is 1. The van der Waals surface area contributed by atoms with Crippen LogP contribution >= 0.6 is 0 Å². The van der Waals surface area contributed by atoms with Crippen LogP contribution in [0.2, 0.25) is 0 Å². The fourth-order valence-electron chi connectivity index (χ4n) is 2.36. The van der Waals surface area contributed by atoms with Crippen molar-refractivity contribution < 1.29 is 9.84 Å². The number of benzene rings is 1. The zero-order chi connectivity index (χ0) is 15.9.